The molecule has 1 aromatic heterocycles. The molecule has 300 valence electrons. The van der Waals surface area contributed by atoms with Gasteiger partial charge in [0, 0.05) is 49.0 Å². The van der Waals surface area contributed by atoms with Gasteiger partial charge in [-0.2, -0.15) is 0 Å². The number of imidazole rings is 1. The number of nitrogens with one attached hydrogen (secondary N) is 4. The maximum Gasteiger partial charge on any atom is 0.410 e. The molecule has 4 aliphatic rings. The van der Waals surface area contributed by atoms with Crippen molar-refractivity contribution in [1.29, 1.82) is 0 Å². The molecule has 3 aromatic rings. The Balaban J connectivity index is 0.953. The topological polar surface area (TPSA) is 184 Å². The number of aromatic amines is 1. The Labute approximate surface area is 333 Å². The number of anilines is 2. The van der Waals surface area contributed by atoms with E-state index in [0.29, 0.717) is 25.3 Å². The van der Waals surface area contributed by atoms with Crippen molar-refractivity contribution < 1.29 is 28.7 Å². The maximum atomic E-state index is 13.7. The molecule has 0 bridgehead atoms. The standard InChI is InChI=1S/C43H52N8O6/c1-56-42(54)47-24-30-7-3-9-32(30)40(52)50-21-5-8-31(50)25-45-36-23-28(17-20-34(36)44)14-13-27-15-18-29(19-16-27)37-26-46-39(48-37)38-12-6-22-51(38)41(53)33-10-4-11-35(33)49-43(55)57-2/h15-20,23-24,26,31-33,35,38,45H,3-12,21-22,25,44H2,1-2H3,(H,46,48)(H,47,54)(H,49,55)/b30-24-. The van der Waals surface area contributed by atoms with Crippen LogP contribution in [0.4, 0.5) is 21.0 Å². The van der Waals surface area contributed by atoms with Crippen LogP contribution in [-0.4, -0.2) is 89.7 Å². The number of alkyl carbamates (subject to hydrolysis) is 2. The van der Waals surface area contributed by atoms with Crippen molar-refractivity contribution in [3.05, 3.63) is 77.4 Å². The highest BCUT2D eigenvalue weighted by molar-refractivity contribution is 5.83. The number of ether oxygens (including phenoxy) is 2. The minimum Gasteiger partial charge on any atom is -0.453 e. The zero-order valence-corrected chi connectivity index (χ0v) is 32.6. The van der Waals surface area contributed by atoms with Gasteiger partial charge in [0.25, 0.3) is 0 Å². The summed E-state index contributed by atoms with van der Waals surface area (Å²) in [6.07, 6.45) is 10.8. The second-order valence-electron chi connectivity index (χ2n) is 15.3. The Morgan fingerprint density at radius 2 is 1.63 bits per heavy atom. The molecule has 0 spiro atoms. The predicted octanol–water partition coefficient (Wildman–Crippen LogP) is 5.69. The number of hydrogen-bond donors (Lipinski definition) is 5. The van der Waals surface area contributed by atoms with Crippen LogP contribution in [0.15, 0.2) is 60.4 Å². The average molecular weight is 777 g/mol. The van der Waals surface area contributed by atoms with Gasteiger partial charge in [-0.05, 0) is 99.3 Å². The van der Waals surface area contributed by atoms with Crippen LogP contribution in [0.1, 0.15) is 87.2 Å². The molecule has 4 fully saturated rings. The van der Waals surface area contributed by atoms with Crippen molar-refractivity contribution in [2.24, 2.45) is 11.8 Å². The SMILES string of the molecule is COC(=O)N/C=C1/CCCC1C(=O)N1CCCC1CNc1cc(C#Cc2ccc(-c3cnc(C4CCCN4C(=O)C4CCCC4NC(=O)OC)[nH]3)cc2)ccc1N. The minimum absolute atomic E-state index is 0.0349. The van der Waals surface area contributed by atoms with Crippen LogP contribution in [0.25, 0.3) is 11.3 Å². The highest BCUT2D eigenvalue weighted by atomic mass is 16.5. The predicted molar refractivity (Wildman–Crippen MR) is 215 cm³/mol. The first-order valence-electron chi connectivity index (χ1n) is 20.0. The van der Waals surface area contributed by atoms with E-state index >= 15 is 0 Å². The van der Waals surface area contributed by atoms with Gasteiger partial charge < -0.3 is 40.6 Å². The fourth-order valence-electron chi connectivity index (χ4n) is 8.79. The molecule has 2 aliphatic heterocycles. The molecule has 14 heteroatoms. The van der Waals surface area contributed by atoms with Gasteiger partial charge in [-0.25, -0.2) is 14.6 Å². The maximum absolute atomic E-state index is 13.7. The fraction of sp³-hybridized carbons (Fsp3) is 0.465. The van der Waals surface area contributed by atoms with Crippen LogP contribution >= 0.6 is 0 Å². The first kappa shape index (κ1) is 39.3. The highest BCUT2D eigenvalue weighted by Crippen LogP contribution is 2.37. The van der Waals surface area contributed by atoms with Crippen molar-refractivity contribution in [2.75, 3.05) is 44.9 Å². The van der Waals surface area contributed by atoms with Crippen LogP contribution < -0.4 is 21.7 Å². The van der Waals surface area contributed by atoms with E-state index in [1.807, 2.05) is 58.5 Å². The number of nitrogen functional groups attached to an aromatic ring is 1. The number of H-pyrrole nitrogens is 1. The molecule has 2 aliphatic carbocycles. The summed E-state index contributed by atoms with van der Waals surface area (Å²) in [5.41, 5.74) is 12.2. The smallest absolute Gasteiger partial charge is 0.410 e. The molecule has 2 aromatic carbocycles. The molecule has 2 saturated carbocycles. The number of aromatic nitrogens is 2. The van der Waals surface area contributed by atoms with E-state index in [1.165, 1.54) is 14.2 Å². The van der Waals surface area contributed by atoms with Gasteiger partial charge in [-0.15, -0.1) is 0 Å². The summed E-state index contributed by atoms with van der Waals surface area (Å²) < 4.78 is 9.46. The van der Waals surface area contributed by atoms with E-state index < -0.39 is 12.2 Å². The third-order valence-corrected chi connectivity index (χ3v) is 11.8. The zero-order valence-electron chi connectivity index (χ0n) is 32.6. The number of nitrogens with two attached hydrogens (primary N) is 1. The van der Waals surface area contributed by atoms with Crippen LogP contribution in [0.5, 0.6) is 0 Å². The number of rotatable bonds is 9. The Kier molecular flexibility index (Phi) is 12.3. The summed E-state index contributed by atoms with van der Waals surface area (Å²) in [4.78, 5) is 62.9. The number of likely N-dealkylation sites (tertiary alicyclic amines) is 2. The van der Waals surface area contributed by atoms with E-state index in [2.05, 4.69) is 37.5 Å². The lowest BCUT2D eigenvalue weighted by Crippen LogP contribution is -2.45. The van der Waals surface area contributed by atoms with E-state index in [-0.39, 0.29) is 41.8 Å². The molecule has 5 atom stereocenters. The van der Waals surface area contributed by atoms with Gasteiger partial charge in [0.15, 0.2) is 0 Å². The molecule has 14 nitrogen and oxygen atoms in total. The molecule has 0 radical (unpaired) electrons. The Morgan fingerprint density at radius 3 is 2.44 bits per heavy atom. The highest BCUT2D eigenvalue weighted by Gasteiger charge is 2.41. The number of nitrogens with zero attached hydrogens (tertiary/aromatic N) is 3. The monoisotopic (exact) mass is 776 g/mol. The van der Waals surface area contributed by atoms with Gasteiger partial charge in [0.2, 0.25) is 11.8 Å². The van der Waals surface area contributed by atoms with Gasteiger partial charge in [0.1, 0.15) is 5.82 Å². The first-order valence-corrected chi connectivity index (χ1v) is 20.0. The summed E-state index contributed by atoms with van der Waals surface area (Å²) in [5, 5.41) is 8.96. The molecule has 57 heavy (non-hydrogen) atoms. The summed E-state index contributed by atoms with van der Waals surface area (Å²) in [5.74, 6) is 6.97. The Bertz CT molecular complexity index is 2050. The Morgan fingerprint density at radius 1 is 0.877 bits per heavy atom. The molecule has 2 saturated heterocycles. The quantitative estimate of drug-likeness (QED) is 0.135. The lowest BCUT2D eigenvalue weighted by molar-refractivity contribution is -0.137. The lowest BCUT2D eigenvalue weighted by atomic mass is 10.0. The van der Waals surface area contributed by atoms with Crippen molar-refractivity contribution in [3.8, 4) is 23.1 Å². The third-order valence-electron chi connectivity index (χ3n) is 11.8. The van der Waals surface area contributed by atoms with Crippen molar-refractivity contribution in [2.45, 2.75) is 82.3 Å². The number of hydrogen-bond acceptors (Lipinski definition) is 9. The average Bonchev–Trinajstić information content (AvgIpc) is 4.09. The molecular weight excluding hydrogens is 725 g/mol. The molecule has 5 unspecified atom stereocenters. The van der Waals surface area contributed by atoms with Crippen LogP contribution in [-0.2, 0) is 19.1 Å². The first-order chi connectivity index (χ1) is 27.7. The Hall–Kier alpha value is -5.97. The molecule has 4 amide bonds. The third kappa shape index (κ3) is 9.03. The van der Waals surface area contributed by atoms with Gasteiger partial charge in [0.05, 0.1) is 55.4 Å². The lowest BCUT2D eigenvalue weighted by Gasteiger charge is -2.29. The second-order valence-corrected chi connectivity index (χ2v) is 15.3. The number of carbonyl (C=O) groups excluding carboxylic acids is 4. The van der Waals surface area contributed by atoms with Crippen LogP contribution in [0, 0.1) is 23.7 Å². The van der Waals surface area contributed by atoms with Crippen molar-refractivity contribution >= 4 is 35.4 Å². The van der Waals surface area contributed by atoms with Crippen LogP contribution in [0.3, 0.4) is 0 Å². The largest absolute Gasteiger partial charge is 0.453 e. The van der Waals surface area contributed by atoms with E-state index in [4.69, 9.17) is 15.5 Å². The summed E-state index contributed by atoms with van der Waals surface area (Å²) in [6, 6.07) is 13.3. The normalized spacial score (nSPS) is 23.5. The zero-order chi connectivity index (χ0) is 39.9. The van der Waals surface area contributed by atoms with Crippen molar-refractivity contribution in [1.82, 2.24) is 30.4 Å². The summed E-state index contributed by atoms with van der Waals surface area (Å²) >= 11 is 0. The van der Waals surface area contributed by atoms with E-state index in [0.717, 1.165) is 104 Å². The fourth-order valence-corrected chi connectivity index (χ4v) is 8.79. The van der Waals surface area contributed by atoms with Gasteiger partial charge in [-0.1, -0.05) is 30.4 Å². The molecule has 7 rings (SSSR count). The van der Waals surface area contributed by atoms with E-state index in [1.54, 1.807) is 6.20 Å². The van der Waals surface area contributed by atoms with Crippen molar-refractivity contribution in [3.63, 3.8) is 0 Å². The molecular formula is C43H52N8O6. The summed E-state index contributed by atoms with van der Waals surface area (Å²) in [6.45, 7) is 1.94. The molecule has 3 heterocycles. The number of methoxy groups -OCH3 is 2. The van der Waals surface area contributed by atoms with Crippen LogP contribution in [0.2, 0.25) is 0 Å². The van der Waals surface area contributed by atoms with Gasteiger partial charge >= 0.3 is 12.2 Å². The summed E-state index contributed by atoms with van der Waals surface area (Å²) in [7, 11) is 2.65. The number of carbonyl (C=O) groups is 4. The molecule has 6 N–H and O–H groups in total. The second kappa shape index (κ2) is 17.9. The number of amides is 4. The minimum atomic E-state index is -0.540. The van der Waals surface area contributed by atoms with Gasteiger partial charge in [-0.3, -0.25) is 14.9 Å². The number of benzene rings is 2. The van der Waals surface area contributed by atoms with E-state index in [9.17, 15) is 19.2 Å².